The Morgan fingerprint density at radius 2 is 2.42 bits per heavy atom. The molecule has 5 heteroatoms. The summed E-state index contributed by atoms with van der Waals surface area (Å²) < 4.78 is 7.43. The van der Waals surface area contributed by atoms with Gasteiger partial charge in [0.25, 0.3) is 0 Å². The van der Waals surface area contributed by atoms with E-state index in [4.69, 9.17) is 4.74 Å². The van der Waals surface area contributed by atoms with Crippen molar-refractivity contribution in [3.63, 3.8) is 0 Å². The molecule has 2 aromatic rings. The van der Waals surface area contributed by atoms with Gasteiger partial charge < -0.3 is 15.2 Å². The van der Waals surface area contributed by atoms with Crippen LogP contribution in [0.4, 0.5) is 0 Å². The van der Waals surface area contributed by atoms with Crippen molar-refractivity contribution in [3.05, 3.63) is 36.7 Å². The summed E-state index contributed by atoms with van der Waals surface area (Å²) in [6.45, 7) is 2.83. The summed E-state index contributed by atoms with van der Waals surface area (Å²) in [6, 6.07) is 6.98. The fourth-order valence-corrected chi connectivity index (χ4v) is 2.23. The number of phenolic OH excluding ortho intramolecular Hbond substituents is 1. The molecule has 19 heavy (non-hydrogen) atoms. The van der Waals surface area contributed by atoms with Crippen LogP contribution in [0.25, 0.3) is 5.69 Å². The number of phenols is 1. The van der Waals surface area contributed by atoms with Gasteiger partial charge in [-0.05, 0) is 25.1 Å². The first kappa shape index (κ1) is 12.0. The Morgan fingerprint density at radius 3 is 3.21 bits per heavy atom. The van der Waals surface area contributed by atoms with Gasteiger partial charge in [0, 0.05) is 18.5 Å². The number of hydrogen-bond acceptors (Lipinski definition) is 4. The molecule has 0 amide bonds. The van der Waals surface area contributed by atoms with Gasteiger partial charge in [0.05, 0.1) is 24.7 Å². The summed E-state index contributed by atoms with van der Waals surface area (Å²) >= 11 is 0. The van der Waals surface area contributed by atoms with Crippen LogP contribution in [-0.2, 0) is 0 Å². The first-order valence-corrected chi connectivity index (χ1v) is 6.49. The molecule has 0 bridgehead atoms. The Hall–Kier alpha value is -2.01. The van der Waals surface area contributed by atoms with Crippen molar-refractivity contribution >= 4 is 0 Å². The normalized spacial score (nSPS) is 18.6. The topological polar surface area (TPSA) is 59.3 Å². The van der Waals surface area contributed by atoms with Gasteiger partial charge in [-0.3, -0.25) is 0 Å². The number of rotatable bonds is 4. The van der Waals surface area contributed by atoms with Gasteiger partial charge >= 0.3 is 0 Å². The molecule has 1 atom stereocenters. The van der Waals surface area contributed by atoms with Gasteiger partial charge in [-0.15, -0.1) is 0 Å². The number of ether oxygens (including phenoxy) is 1. The van der Waals surface area contributed by atoms with Gasteiger partial charge in [0.1, 0.15) is 5.75 Å². The molecule has 1 saturated heterocycles. The molecule has 1 fully saturated rings. The van der Waals surface area contributed by atoms with Crippen molar-refractivity contribution in [2.45, 2.75) is 6.42 Å². The van der Waals surface area contributed by atoms with E-state index >= 15 is 0 Å². The monoisotopic (exact) mass is 259 g/mol. The van der Waals surface area contributed by atoms with E-state index in [0.717, 1.165) is 31.1 Å². The number of aromatic hydroxyl groups is 1. The quantitative estimate of drug-likeness (QED) is 0.875. The predicted molar refractivity (Wildman–Crippen MR) is 71.7 cm³/mol. The first-order chi connectivity index (χ1) is 9.31. The number of hydrogen-bond donors (Lipinski definition) is 2. The zero-order chi connectivity index (χ0) is 13.1. The van der Waals surface area contributed by atoms with E-state index in [1.54, 1.807) is 29.1 Å². The number of aromatic nitrogens is 2. The lowest BCUT2D eigenvalue weighted by molar-refractivity contribution is 0.260. The van der Waals surface area contributed by atoms with Gasteiger partial charge in [-0.1, -0.05) is 6.07 Å². The lowest BCUT2D eigenvalue weighted by atomic mass is 10.1. The predicted octanol–water partition coefficient (Wildman–Crippen LogP) is 1.57. The maximum atomic E-state index is 9.45. The maximum absolute atomic E-state index is 9.45. The first-order valence-electron chi connectivity index (χ1n) is 6.49. The fraction of sp³-hybridized carbons (Fsp3) is 0.357. The Bertz CT molecular complexity index is 547. The zero-order valence-electron chi connectivity index (χ0n) is 10.6. The van der Waals surface area contributed by atoms with Crippen molar-refractivity contribution in [2.24, 2.45) is 5.92 Å². The van der Waals surface area contributed by atoms with Crippen LogP contribution in [0.1, 0.15) is 6.42 Å². The van der Waals surface area contributed by atoms with Crippen LogP contribution in [0.2, 0.25) is 0 Å². The summed E-state index contributed by atoms with van der Waals surface area (Å²) in [4.78, 5) is 0. The molecule has 1 aromatic heterocycles. The molecule has 1 unspecified atom stereocenters. The summed E-state index contributed by atoms with van der Waals surface area (Å²) in [6.07, 6.45) is 4.70. The Labute approximate surface area is 111 Å². The molecule has 5 nitrogen and oxygen atoms in total. The van der Waals surface area contributed by atoms with E-state index in [2.05, 4.69) is 10.4 Å². The van der Waals surface area contributed by atoms with Crippen molar-refractivity contribution in [1.82, 2.24) is 15.1 Å². The van der Waals surface area contributed by atoms with Crippen LogP contribution in [0.15, 0.2) is 36.7 Å². The van der Waals surface area contributed by atoms with Gasteiger partial charge in [-0.2, -0.15) is 5.10 Å². The van der Waals surface area contributed by atoms with E-state index in [1.807, 2.05) is 12.3 Å². The van der Waals surface area contributed by atoms with Crippen LogP contribution in [-0.4, -0.2) is 34.6 Å². The number of benzene rings is 1. The molecule has 0 spiro atoms. The van der Waals surface area contributed by atoms with E-state index in [0.29, 0.717) is 5.92 Å². The van der Waals surface area contributed by atoms with Crippen LogP contribution in [0.5, 0.6) is 11.5 Å². The molecule has 1 aliphatic rings. The SMILES string of the molecule is Oc1cccc(-n2cc(OCC3CCNC3)cn2)c1. The van der Waals surface area contributed by atoms with Crippen molar-refractivity contribution in [3.8, 4) is 17.2 Å². The Morgan fingerprint density at radius 1 is 1.47 bits per heavy atom. The van der Waals surface area contributed by atoms with Crippen LogP contribution < -0.4 is 10.1 Å². The summed E-state index contributed by atoms with van der Waals surface area (Å²) in [5, 5.41) is 17.0. The van der Waals surface area contributed by atoms with E-state index in [-0.39, 0.29) is 5.75 Å². The standard InChI is InChI=1S/C14H17N3O2/c18-13-3-1-2-12(6-13)17-9-14(8-16-17)19-10-11-4-5-15-7-11/h1-3,6,8-9,11,15,18H,4-5,7,10H2. The lowest BCUT2D eigenvalue weighted by Gasteiger charge is -2.08. The van der Waals surface area contributed by atoms with E-state index in [1.165, 1.54) is 6.42 Å². The highest BCUT2D eigenvalue weighted by atomic mass is 16.5. The van der Waals surface area contributed by atoms with Crippen LogP contribution in [0, 0.1) is 5.92 Å². The third-order valence-electron chi connectivity index (χ3n) is 3.30. The maximum Gasteiger partial charge on any atom is 0.157 e. The fourth-order valence-electron chi connectivity index (χ4n) is 2.23. The molecule has 0 aliphatic carbocycles. The molecule has 100 valence electrons. The van der Waals surface area contributed by atoms with Crippen molar-refractivity contribution in [2.75, 3.05) is 19.7 Å². The smallest absolute Gasteiger partial charge is 0.157 e. The molecular formula is C14H17N3O2. The number of nitrogens with zero attached hydrogens (tertiary/aromatic N) is 2. The second-order valence-corrected chi connectivity index (χ2v) is 4.81. The molecule has 2 heterocycles. The molecule has 0 radical (unpaired) electrons. The molecule has 0 saturated carbocycles. The van der Waals surface area contributed by atoms with E-state index in [9.17, 15) is 5.11 Å². The third-order valence-corrected chi connectivity index (χ3v) is 3.30. The zero-order valence-corrected chi connectivity index (χ0v) is 10.6. The largest absolute Gasteiger partial charge is 0.508 e. The molecule has 2 N–H and O–H groups in total. The second-order valence-electron chi connectivity index (χ2n) is 4.81. The second kappa shape index (κ2) is 5.32. The van der Waals surface area contributed by atoms with Gasteiger partial charge in [-0.25, -0.2) is 4.68 Å². The average Bonchev–Trinajstić information content (AvgIpc) is 3.08. The highest BCUT2D eigenvalue weighted by Crippen LogP contribution is 2.18. The van der Waals surface area contributed by atoms with Crippen LogP contribution in [0.3, 0.4) is 0 Å². The van der Waals surface area contributed by atoms with E-state index < -0.39 is 0 Å². The third kappa shape index (κ3) is 2.88. The molecule has 3 rings (SSSR count). The minimum atomic E-state index is 0.229. The summed E-state index contributed by atoms with van der Waals surface area (Å²) in [7, 11) is 0. The van der Waals surface area contributed by atoms with Crippen LogP contribution >= 0.6 is 0 Å². The Balaban J connectivity index is 1.65. The molecular weight excluding hydrogens is 242 g/mol. The highest BCUT2D eigenvalue weighted by molar-refractivity contribution is 5.38. The van der Waals surface area contributed by atoms with Crippen molar-refractivity contribution < 1.29 is 9.84 Å². The highest BCUT2D eigenvalue weighted by Gasteiger charge is 2.15. The van der Waals surface area contributed by atoms with Gasteiger partial charge in [0.15, 0.2) is 5.75 Å². The minimum Gasteiger partial charge on any atom is -0.508 e. The van der Waals surface area contributed by atoms with Gasteiger partial charge in [0.2, 0.25) is 0 Å². The van der Waals surface area contributed by atoms with Crippen molar-refractivity contribution in [1.29, 1.82) is 0 Å². The number of nitrogens with one attached hydrogen (secondary N) is 1. The average molecular weight is 259 g/mol. The molecule has 1 aliphatic heterocycles. The summed E-state index contributed by atoms with van der Waals surface area (Å²) in [5.41, 5.74) is 0.817. The molecule has 1 aromatic carbocycles. The minimum absolute atomic E-state index is 0.229. The lowest BCUT2D eigenvalue weighted by Crippen LogP contribution is -2.15. The summed E-state index contributed by atoms with van der Waals surface area (Å²) in [5.74, 6) is 1.58. The Kier molecular flexibility index (Phi) is 3.37.